The van der Waals surface area contributed by atoms with Crippen LogP contribution in [0.1, 0.15) is 12.5 Å². The number of thioether (sulfide) groups is 1. The van der Waals surface area contributed by atoms with Crippen LogP contribution in [-0.4, -0.2) is 44.2 Å². The maximum absolute atomic E-state index is 12.5. The molecule has 2 heterocycles. The van der Waals surface area contributed by atoms with Gasteiger partial charge in [-0.25, -0.2) is 0 Å². The molecule has 2 aliphatic rings. The van der Waals surface area contributed by atoms with E-state index in [1.54, 1.807) is 6.08 Å². The molecule has 1 saturated heterocycles. The number of benzene rings is 1. The highest BCUT2D eigenvalue weighted by Crippen LogP contribution is 2.37. The third-order valence-electron chi connectivity index (χ3n) is 4.20. The summed E-state index contributed by atoms with van der Waals surface area (Å²) in [5.41, 5.74) is 3.17. The second-order valence-electron chi connectivity index (χ2n) is 5.98. The van der Waals surface area contributed by atoms with Crippen molar-refractivity contribution in [3.63, 3.8) is 0 Å². The van der Waals surface area contributed by atoms with Gasteiger partial charge in [0.15, 0.2) is 0 Å². The molecule has 0 atom stereocenters. The zero-order valence-corrected chi connectivity index (χ0v) is 17.1. The molecule has 0 aliphatic carbocycles. The third-order valence-corrected chi connectivity index (χ3v) is 6.38. The van der Waals surface area contributed by atoms with Gasteiger partial charge in [0.2, 0.25) is 0 Å². The SMILES string of the molecule is CCN1C=C/C(=C\C=C2\SC(=S)N(CCP(=O)(O)O)C2=O)c2ccccc21. The molecule has 0 saturated carbocycles. The molecule has 1 aromatic carbocycles. The molecule has 1 amide bonds. The van der Waals surface area contributed by atoms with E-state index in [9.17, 15) is 9.36 Å². The van der Waals surface area contributed by atoms with Crippen LogP contribution in [0, 0.1) is 0 Å². The first-order chi connectivity index (χ1) is 12.8. The van der Waals surface area contributed by atoms with E-state index >= 15 is 0 Å². The fraction of sp³-hybridized carbons (Fsp3) is 0.222. The van der Waals surface area contributed by atoms with E-state index in [1.165, 1.54) is 4.90 Å². The monoisotopic (exact) mass is 422 g/mol. The van der Waals surface area contributed by atoms with Crippen molar-refractivity contribution in [3.05, 3.63) is 59.2 Å². The maximum atomic E-state index is 12.5. The van der Waals surface area contributed by atoms with E-state index in [4.69, 9.17) is 22.0 Å². The molecule has 2 N–H and O–H groups in total. The zero-order chi connectivity index (χ0) is 19.6. The minimum Gasteiger partial charge on any atom is -0.348 e. The van der Waals surface area contributed by atoms with Crippen LogP contribution in [0.5, 0.6) is 0 Å². The molecule has 0 aromatic heterocycles. The first-order valence-corrected chi connectivity index (χ1v) is 11.4. The van der Waals surface area contributed by atoms with Gasteiger partial charge in [0.25, 0.3) is 5.91 Å². The topological polar surface area (TPSA) is 81.1 Å². The average Bonchev–Trinajstić information content (AvgIpc) is 2.90. The zero-order valence-electron chi connectivity index (χ0n) is 14.6. The molecule has 0 bridgehead atoms. The van der Waals surface area contributed by atoms with Crippen LogP contribution in [0.4, 0.5) is 5.69 Å². The Kier molecular flexibility index (Phi) is 6.03. The Morgan fingerprint density at radius 2 is 2.00 bits per heavy atom. The second-order valence-corrected chi connectivity index (χ2v) is 9.44. The number of nitrogens with zero attached hydrogens (tertiary/aromatic N) is 2. The van der Waals surface area contributed by atoms with Crippen molar-refractivity contribution < 1.29 is 19.1 Å². The molecule has 0 radical (unpaired) electrons. The Labute approximate surface area is 167 Å². The largest absolute Gasteiger partial charge is 0.348 e. The van der Waals surface area contributed by atoms with Gasteiger partial charge < -0.3 is 14.7 Å². The lowest BCUT2D eigenvalue weighted by atomic mass is 9.99. The third kappa shape index (κ3) is 4.59. The van der Waals surface area contributed by atoms with Gasteiger partial charge in [-0.1, -0.05) is 48.3 Å². The van der Waals surface area contributed by atoms with Crippen LogP contribution in [0.2, 0.25) is 0 Å². The lowest BCUT2D eigenvalue weighted by Gasteiger charge is -2.26. The van der Waals surface area contributed by atoms with Gasteiger partial charge in [-0.3, -0.25) is 14.3 Å². The van der Waals surface area contributed by atoms with Crippen molar-refractivity contribution in [2.24, 2.45) is 0 Å². The van der Waals surface area contributed by atoms with Crippen molar-refractivity contribution in [2.75, 3.05) is 24.2 Å². The van der Waals surface area contributed by atoms with Crippen molar-refractivity contribution >= 4 is 53.1 Å². The minimum atomic E-state index is -4.18. The number of thiocarbonyl (C=S) groups is 1. The van der Waals surface area contributed by atoms with Crippen molar-refractivity contribution in [1.82, 2.24) is 4.90 Å². The highest BCUT2D eigenvalue weighted by Gasteiger charge is 2.32. The molecule has 0 spiro atoms. The maximum Gasteiger partial charge on any atom is 0.327 e. The van der Waals surface area contributed by atoms with Gasteiger partial charge in [-0.15, -0.1) is 0 Å². The van der Waals surface area contributed by atoms with Crippen LogP contribution in [-0.2, 0) is 9.36 Å². The fourth-order valence-corrected chi connectivity index (χ4v) is 4.54. The predicted octanol–water partition coefficient (Wildman–Crippen LogP) is 3.35. The lowest BCUT2D eigenvalue weighted by Crippen LogP contribution is -2.30. The summed E-state index contributed by atoms with van der Waals surface area (Å²) in [6.45, 7) is 2.86. The van der Waals surface area contributed by atoms with E-state index in [2.05, 4.69) is 17.9 Å². The van der Waals surface area contributed by atoms with E-state index in [1.807, 2.05) is 36.6 Å². The van der Waals surface area contributed by atoms with E-state index in [-0.39, 0.29) is 12.5 Å². The Bertz CT molecular complexity index is 920. The normalized spacial score (nSPS) is 20.1. The molecule has 3 rings (SSSR count). The van der Waals surface area contributed by atoms with Crippen molar-refractivity contribution in [2.45, 2.75) is 6.92 Å². The first kappa shape index (κ1) is 20.0. The van der Waals surface area contributed by atoms with Crippen molar-refractivity contribution in [1.29, 1.82) is 0 Å². The summed E-state index contributed by atoms with van der Waals surface area (Å²) in [6.07, 6.45) is 7.19. The summed E-state index contributed by atoms with van der Waals surface area (Å²) in [5.74, 6) is -0.321. The van der Waals surface area contributed by atoms with Crippen LogP contribution in [0.15, 0.2) is 53.6 Å². The summed E-state index contributed by atoms with van der Waals surface area (Å²) >= 11 is 6.32. The average molecular weight is 422 g/mol. The van der Waals surface area contributed by atoms with Crippen LogP contribution < -0.4 is 4.90 Å². The molecular formula is C18H19N2O4PS2. The van der Waals surface area contributed by atoms with E-state index < -0.39 is 13.8 Å². The van der Waals surface area contributed by atoms with Gasteiger partial charge in [0.05, 0.1) is 11.1 Å². The summed E-state index contributed by atoms with van der Waals surface area (Å²) in [7, 11) is -4.18. The smallest absolute Gasteiger partial charge is 0.327 e. The summed E-state index contributed by atoms with van der Waals surface area (Å²) in [4.78, 5) is 34.4. The predicted molar refractivity (Wildman–Crippen MR) is 113 cm³/mol. The number of carbonyl (C=O) groups is 1. The molecule has 0 unspecified atom stereocenters. The standard InChI is InChI=1S/C18H19N2O4PS2/c1-2-19-10-9-13(14-5-3-4-6-15(14)19)7-8-16-17(21)20(18(26)27-16)11-12-25(22,23)24/h3-10H,2,11-12H2,1H3,(H2,22,23,24)/b13-7+,16-8+. The van der Waals surface area contributed by atoms with Gasteiger partial charge in [0, 0.05) is 30.5 Å². The molecular weight excluding hydrogens is 403 g/mol. The Morgan fingerprint density at radius 1 is 1.26 bits per heavy atom. The Hall–Kier alpha value is -1.70. The van der Waals surface area contributed by atoms with Crippen LogP contribution in [0.25, 0.3) is 5.57 Å². The van der Waals surface area contributed by atoms with Crippen molar-refractivity contribution in [3.8, 4) is 0 Å². The van der Waals surface area contributed by atoms with E-state index in [0.29, 0.717) is 9.23 Å². The first-order valence-electron chi connectivity index (χ1n) is 8.34. The quantitative estimate of drug-likeness (QED) is 0.428. The number of hydrogen-bond acceptors (Lipinski definition) is 5. The summed E-state index contributed by atoms with van der Waals surface area (Å²) in [6, 6.07) is 8.05. The molecule has 2 aliphatic heterocycles. The number of anilines is 1. The molecule has 1 aromatic rings. The second kappa shape index (κ2) is 8.12. The highest BCUT2D eigenvalue weighted by molar-refractivity contribution is 8.26. The van der Waals surface area contributed by atoms with Gasteiger partial charge >= 0.3 is 7.60 Å². The molecule has 142 valence electrons. The molecule has 1 fully saturated rings. The minimum absolute atomic E-state index is 0.0863. The van der Waals surface area contributed by atoms with Gasteiger partial charge in [0.1, 0.15) is 4.32 Å². The lowest BCUT2D eigenvalue weighted by molar-refractivity contribution is -0.122. The van der Waals surface area contributed by atoms with Crippen LogP contribution in [0.3, 0.4) is 0 Å². The number of amides is 1. The number of fused-ring (bicyclic) bond motifs is 1. The fourth-order valence-electron chi connectivity index (χ4n) is 2.83. The Balaban J connectivity index is 1.83. The number of carbonyl (C=O) groups excluding carboxylic acids is 1. The molecule has 27 heavy (non-hydrogen) atoms. The number of allylic oxidation sites excluding steroid dienone is 4. The van der Waals surface area contributed by atoms with E-state index in [0.717, 1.165) is 35.1 Å². The highest BCUT2D eigenvalue weighted by atomic mass is 32.2. The van der Waals surface area contributed by atoms with Gasteiger partial charge in [-0.05, 0) is 30.7 Å². The number of rotatable bonds is 5. The van der Waals surface area contributed by atoms with Crippen LogP contribution >= 0.6 is 31.6 Å². The Morgan fingerprint density at radius 3 is 2.70 bits per heavy atom. The number of hydrogen-bond donors (Lipinski definition) is 2. The summed E-state index contributed by atoms with van der Waals surface area (Å²) in [5, 5.41) is 0. The van der Waals surface area contributed by atoms with Gasteiger partial charge in [-0.2, -0.15) is 0 Å². The molecule has 6 nitrogen and oxygen atoms in total. The summed E-state index contributed by atoms with van der Waals surface area (Å²) < 4.78 is 11.4. The molecule has 9 heteroatoms. The number of para-hydroxylation sites is 1.